The second kappa shape index (κ2) is 11.5. The minimum Gasteiger partial charge on any atom is -0.270 e. The Hall–Kier alpha value is -2.16. The van der Waals surface area contributed by atoms with Crippen molar-refractivity contribution < 1.29 is 51.5 Å². The number of hydrogen-bond acceptors (Lipinski definition) is 6. The topological polar surface area (TPSA) is 86.7 Å². The highest BCUT2D eigenvalue weighted by molar-refractivity contribution is 7.86. The van der Waals surface area contributed by atoms with Crippen LogP contribution in [0.5, 0.6) is 0 Å². The standard InChI is InChI=1S/C22H24F6O6S2/c1-35(29,30)33-11-3-5-15-7-9-17(13-19(15)21(23,24)25)18-10-8-16(20(14-18)22(26,27)28)6-4-12-34-36(2,31)32/h7-10,13-14H,3-6,11-12H2,1-2H3. The fourth-order valence-corrected chi connectivity index (χ4v) is 4.26. The number of rotatable bonds is 11. The number of aryl methyl sites for hydroxylation is 2. The quantitative estimate of drug-likeness (QED) is 0.212. The first kappa shape index (κ1) is 30.1. The van der Waals surface area contributed by atoms with E-state index in [0.29, 0.717) is 0 Å². The van der Waals surface area contributed by atoms with Crippen molar-refractivity contribution in [1.29, 1.82) is 0 Å². The molecule has 0 aliphatic carbocycles. The van der Waals surface area contributed by atoms with Gasteiger partial charge in [0.15, 0.2) is 0 Å². The molecule has 0 radical (unpaired) electrons. The minimum atomic E-state index is -4.80. The first-order valence-corrected chi connectivity index (χ1v) is 14.1. The van der Waals surface area contributed by atoms with Crippen molar-refractivity contribution in [2.45, 2.75) is 38.0 Å². The molecule has 0 spiro atoms. The number of halogens is 6. The second-order valence-corrected chi connectivity index (χ2v) is 11.3. The van der Waals surface area contributed by atoms with Crippen LogP contribution in [0.15, 0.2) is 36.4 Å². The molecule has 2 aromatic carbocycles. The van der Waals surface area contributed by atoms with Crippen LogP contribution in [0.2, 0.25) is 0 Å². The molecule has 0 aliphatic rings. The Morgan fingerprint density at radius 3 is 1.25 bits per heavy atom. The van der Waals surface area contributed by atoms with Gasteiger partial charge in [-0.25, -0.2) is 0 Å². The van der Waals surface area contributed by atoms with Crippen molar-refractivity contribution >= 4 is 20.2 Å². The highest BCUT2D eigenvalue weighted by atomic mass is 32.2. The molecular weight excluding hydrogens is 538 g/mol. The van der Waals surface area contributed by atoms with E-state index < -0.39 is 43.7 Å². The second-order valence-electron chi connectivity index (χ2n) is 8.00. The zero-order valence-electron chi connectivity index (χ0n) is 19.2. The van der Waals surface area contributed by atoms with E-state index in [2.05, 4.69) is 8.37 Å². The summed E-state index contributed by atoms with van der Waals surface area (Å²) in [6.45, 7) is -0.632. The van der Waals surface area contributed by atoms with E-state index in [-0.39, 0.29) is 61.2 Å². The molecule has 0 saturated heterocycles. The molecule has 0 atom stereocenters. The van der Waals surface area contributed by atoms with E-state index in [9.17, 15) is 43.2 Å². The molecule has 0 aliphatic heterocycles. The van der Waals surface area contributed by atoms with Gasteiger partial charge in [0.2, 0.25) is 0 Å². The van der Waals surface area contributed by atoms with Crippen LogP contribution in [0.1, 0.15) is 35.1 Å². The zero-order chi connectivity index (χ0) is 27.4. The average Bonchev–Trinajstić information content (AvgIpc) is 2.71. The summed E-state index contributed by atoms with van der Waals surface area (Å²) in [6.07, 6.45) is -8.33. The average molecular weight is 563 g/mol. The number of hydrogen-bond donors (Lipinski definition) is 0. The van der Waals surface area contributed by atoms with Crippen LogP contribution in [0.25, 0.3) is 11.1 Å². The van der Waals surface area contributed by atoms with Crippen LogP contribution in [0.4, 0.5) is 26.3 Å². The van der Waals surface area contributed by atoms with Crippen LogP contribution in [-0.4, -0.2) is 42.6 Å². The molecule has 6 nitrogen and oxygen atoms in total. The van der Waals surface area contributed by atoms with Gasteiger partial charge in [-0.1, -0.05) is 24.3 Å². The molecule has 0 aromatic heterocycles. The molecule has 0 N–H and O–H groups in total. The monoisotopic (exact) mass is 562 g/mol. The van der Waals surface area contributed by atoms with E-state index in [1.807, 2.05) is 0 Å². The Morgan fingerprint density at radius 1 is 0.639 bits per heavy atom. The molecule has 2 aromatic rings. The number of benzene rings is 2. The van der Waals surface area contributed by atoms with Gasteiger partial charge in [0.25, 0.3) is 20.2 Å². The van der Waals surface area contributed by atoms with Crippen molar-refractivity contribution in [2.24, 2.45) is 0 Å². The van der Waals surface area contributed by atoms with Crippen LogP contribution in [0.3, 0.4) is 0 Å². The van der Waals surface area contributed by atoms with Crippen molar-refractivity contribution in [3.05, 3.63) is 58.7 Å². The van der Waals surface area contributed by atoms with Gasteiger partial charge in [-0.2, -0.15) is 43.2 Å². The van der Waals surface area contributed by atoms with Crippen LogP contribution in [-0.2, 0) is 53.8 Å². The van der Waals surface area contributed by atoms with Gasteiger partial charge < -0.3 is 0 Å². The van der Waals surface area contributed by atoms with Gasteiger partial charge in [-0.05, 0) is 60.1 Å². The first-order valence-electron chi connectivity index (χ1n) is 10.5. The van der Waals surface area contributed by atoms with E-state index >= 15 is 0 Å². The maximum absolute atomic E-state index is 13.7. The Kier molecular flexibility index (Phi) is 9.59. The van der Waals surface area contributed by atoms with Gasteiger partial charge in [-0.3, -0.25) is 8.37 Å². The van der Waals surface area contributed by atoms with Crippen molar-refractivity contribution in [3.63, 3.8) is 0 Å². The minimum absolute atomic E-state index is 0.0224. The normalized spacial score (nSPS) is 13.2. The highest BCUT2D eigenvalue weighted by Gasteiger charge is 2.35. The summed E-state index contributed by atoms with van der Waals surface area (Å²) in [7, 11) is -7.48. The molecule has 14 heteroatoms. The van der Waals surface area contributed by atoms with E-state index in [0.717, 1.165) is 36.8 Å². The van der Waals surface area contributed by atoms with Crippen molar-refractivity contribution in [2.75, 3.05) is 25.7 Å². The molecule has 0 unspecified atom stereocenters. The van der Waals surface area contributed by atoms with Crippen molar-refractivity contribution in [1.82, 2.24) is 0 Å². The molecule has 0 saturated carbocycles. The lowest BCUT2D eigenvalue weighted by atomic mass is 9.93. The Balaban J connectivity index is 2.33. The van der Waals surface area contributed by atoms with Gasteiger partial charge in [-0.15, -0.1) is 0 Å². The Morgan fingerprint density at radius 2 is 0.972 bits per heavy atom. The van der Waals surface area contributed by atoms with Gasteiger partial charge in [0.1, 0.15) is 0 Å². The van der Waals surface area contributed by atoms with Crippen LogP contribution >= 0.6 is 0 Å². The first-order chi connectivity index (χ1) is 16.4. The summed E-state index contributed by atoms with van der Waals surface area (Å²) < 4.78 is 135. The summed E-state index contributed by atoms with van der Waals surface area (Å²) >= 11 is 0. The molecule has 36 heavy (non-hydrogen) atoms. The fourth-order valence-electron chi connectivity index (χ4n) is 3.42. The summed E-state index contributed by atoms with van der Waals surface area (Å²) in [4.78, 5) is 0. The third kappa shape index (κ3) is 9.71. The molecule has 0 fully saturated rings. The maximum Gasteiger partial charge on any atom is 0.416 e. The number of alkyl halides is 6. The molecular formula is C22H24F6O6S2. The molecule has 202 valence electrons. The third-order valence-electron chi connectivity index (χ3n) is 4.94. The molecule has 0 bridgehead atoms. The summed E-state index contributed by atoms with van der Waals surface area (Å²) in [5, 5.41) is 0. The summed E-state index contributed by atoms with van der Waals surface area (Å²) in [6, 6.07) is 6.31. The highest BCUT2D eigenvalue weighted by Crippen LogP contribution is 2.38. The maximum atomic E-state index is 13.7. The van der Waals surface area contributed by atoms with E-state index in [1.54, 1.807) is 0 Å². The predicted octanol–water partition coefficient (Wildman–Crippen LogP) is 5.21. The van der Waals surface area contributed by atoms with Gasteiger partial charge in [0, 0.05) is 0 Å². The largest absolute Gasteiger partial charge is 0.416 e. The smallest absolute Gasteiger partial charge is 0.270 e. The lowest BCUT2D eigenvalue weighted by Crippen LogP contribution is -2.12. The van der Waals surface area contributed by atoms with Crippen LogP contribution < -0.4 is 0 Å². The lowest BCUT2D eigenvalue weighted by Gasteiger charge is -2.17. The summed E-state index contributed by atoms with van der Waals surface area (Å²) in [5.74, 6) is 0. The Bertz CT molecular complexity index is 1170. The molecule has 2 rings (SSSR count). The van der Waals surface area contributed by atoms with E-state index in [1.165, 1.54) is 12.1 Å². The van der Waals surface area contributed by atoms with E-state index in [4.69, 9.17) is 0 Å². The Labute approximate surface area is 205 Å². The molecule has 0 amide bonds. The van der Waals surface area contributed by atoms with Gasteiger partial charge in [0.05, 0.1) is 36.9 Å². The predicted molar refractivity (Wildman–Crippen MR) is 120 cm³/mol. The fraction of sp³-hybridized carbons (Fsp3) is 0.455. The van der Waals surface area contributed by atoms with Gasteiger partial charge >= 0.3 is 12.4 Å². The lowest BCUT2D eigenvalue weighted by molar-refractivity contribution is -0.139. The molecule has 0 heterocycles. The SMILES string of the molecule is CS(=O)(=O)OCCCc1ccc(-c2ccc(CCCOS(C)(=O)=O)c(C(F)(F)F)c2)cc1C(F)(F)F. The zero-order valence-corrected chi connectivity index (χ0v) is 20.9. The third-order valence-corrected chi connectivity index (χ3v) is 6.13. The van der Waals surface area contributed by atoms with Crippen LogP contribution in [0, 0.1) is 0 Å². The van der Waals surface area contributed by atoms with Crippen molar-refractivity contribution in [3.8, 4) is 11.1 Å². The summed E-state index contributed by atoms with van der Waals surface area (Å²) in [5.41, 5.74) is -2.57.